The van der Waals surface area contributed by atoms with Gasteiger partial charge in [-0.25, -0.2) is 9.97 Å². The highest BCUT2D eigenvalue weighted by atomic mass is 15.0. The van der Waals surface area contributed by atoms with Crippen molar-refractivity contribution in [2.24, 2.45) is 0 Å². The van der Waals surface area contributed by atoms with E-state index >= 15 is 0 Å². The van der Waals surface area contributed by atoms with Crippen molar-refractivity contribution in [3.05, 3.63) is 273 Å². The van der Waals surface area contributed by atoms with Crippen LogP contribution in [-0.2, 0) is 0 Å². The van der Waals surface area contributed by atoms with Gasteiger partial charge in [0.05, 0.1) is 27.9 Å². The van der Waals surface area contributed by atoms with Crippen LogP contribution in [0.25, 0.3) is 149 Å². The quantitative estimate of drug-likeness (QED) is 0.149. The highest BCUT2D eigenvalue weighted by Gasteiger charge is 2.23. The third-order valence-corrected chi connectivity index (χ3v) is 15.3. The lowest BCUT2D eigenvalue weighted by molar-refractivity contribution is 1.17. The molecule has 0 aliphatic rings. The topological polar surface area (TPSA) is 30.2 Å². The van der Waals surface area contributed by atoms with Crippen molar-refractivity contribution in [2.45, 2.75) is 0 Å². The molecule has 15 aromatic rings. The van der Waals surface area contributed by atoms with E-state index in [1.165, 1.54) is 81.9 Å². The van der Waals surface area contributed by atoms with E-state index in [0.717, 1.165) is 67.0 Å². The summed E-state index contributed by atoms with van der Waals surface area (Å²) in [5, 5.41) is 11.9. The Morgan fingerprint density at radius 3 is 1.20 bits per heavy atom. The largest absolute Gasteiger partial charge is 0.293 e. The van der Waals surface area contributed by atoms with Gasteiger partial charge in [0, 0.05) is 33.0 Å². The lowest BCUT2D eigenvalue weighted by Gasteiger charge is -2.19. The molecular formula is C72H45N3. The SMILES string of the molecule is c1ccc(-c2c3ccccc3c(-c3ccccc3)c3cc(-c4cccc(-c5c6ccccc6c(-c6ccc(-c7c8ccccc8n8c(-c9ccccc9)nc9ccccc9c78)cc6)c6ccccc56)n4)ccc23)cc1. The molecule has 12 aromatic carbocycles. The maximum Gasteiger partial charge on any atom is 0.145 e. The minimum Gasteiger partial charge on any atom is -0.293 e. The molecule has 0 aliphatic heterocycles. The fraction of sp³-hybridized carbons (Fsp3) is 0. The van der Waals surface area contributed by atoms with Crippen LogP contribution in [0, 0.1) is 0 Å². The van der Waals surface area contributed by atoms with Gasteiger partial charge >= 0.3 is 0 Å². The first-order valence-corrected chi connectivity index (χ1v) is 25.7. The maximum atomic E-state index is 5.60. The number of aromatic nitrogens is 3. The Morgan fingerprint density at radius 2 is 0.627 bits per heavy atom. The molecule has 3 nitrogen and oxygen atoms in total. The maximum absolute atomic E-state index is 5.60. The molecule has 3 aromatic heterocycles. The fourth-order valence-corrected chi connectivity index (χ4v) is 12.1. The molecule has 0 unspecified atom stereocenters. The summed E-state index contributed by atoms with van der Waals surface area (Å²) in [5.74, 6) is 0.932. The Morgan fingerprint density at radius 1 is 0.227 bits per heavy atom. The van der Waals surface area contributed by atoms with Crippen LogP contribution in [0.3, 0.4) is 0 Å². The van der Waals surface area contributed by atoms with E-state index in [-0.39, 0.29) is 0 Å². The minimum absolute atomic E-state index is 0.931. The highest BCUT2D eigenvalue weighted by molar-refractivity contribution is 6.23. The van der Waals surface area contributed by atoms with E-state index in [1.54, 1.807) is 0 Å². The monoisotopic (exact) mass is 951 g/mol. The van der Waals surface area contributed by atoms with Gasteiger partial charge in [0.2, 0.25) is 0 Å². The first-order chi connectivity index (χ1) is 37.2. The van der Waals surface area contributed by atoms with Crippen LogP contribution in [0.15, 0.2) is 273 Å². The summed E-state index contributed by atoms with van der Waals surface area (Å²) >= 11 is 0. The van der Waals surface area contributed by atoms with Gasteiger partial charge in [-0.15, -0.1) is 0 Å². The van der Waals surface area contributed by atoms with E-state index in [0.29, 0.717) is 0 Å². The molecule has 0 amide bonds. The molecule has 0 spiro atoms. The standard InChI is InChI=1S/C72H45N3/c1-4-21-46(22-5-1)66-52-27-10-11-28-53(52)68(47-23-6-2-7-24-47)61-45-51(43-44-58(61)66)62-36-20-37-64(73-62)70-56-31-14-12-29-54(56)67(55-30-13-15-32-57(55)70)48-39-41-49(42-40-48)69-60-34-17-19-38-65(60)75-71(69)59-33-16-18-35-63(59)74-72(75)50-25-8-3-9-26-50/h1-45H. The summed E-state index contributed by atoms with van der Waals surface area (Å²) in [6, 6.07) is 98.8. The summed E-state index contributed by atoms with van der Waals surface area (Å²) in [7, 11) is 0. The molecule has 3 heterocycles. The van der Waals surface area contributed by atoms with Crippen molar-refractivity contribution >= 4 is 70.4 Å². The van der Waals surface area contributed by atoms with Crippen LogP contribution < -0.4 is 0 Å². The van der Waals surface area contributed by atoms with Gasteiger partial charge in [-0.2, -0.15) is 0 Å². The molecule has 0 aliphatic carbocycles. The molecule has 75 heavy (non-hydrogen) atoms. The smallest absolute Gasteiger partial charge is 0.145 e. The summed E-state index contributed by atoms with van der Waals surface area (Å²) in [5.41, 5.74) is 18.1. The van der Waals surface area contributed by atoms with Gasteiger partial charge in [0.1, 0.15) is 5.82 Å². The Labute approximate surface area is 433 Å². The molecule has 0 fully saturated rings. The number of rotatable bonds is 7. The Balaban J connectivity index is 0.894. The van der Waals surface area contributed by atoms with Crippen molar-refractivity contribution in [3.63, 3.8) is 0 Å². The van der Waals surface area contributed by atoms with E-state index in [1.807, 2.05) is 0 Å². The Bertz CT molecular complexity index is 4670. The van der Waals surface area contributed by atoms with Crippen molar-refractivity contribution in [2.75, 3.05) is 0 Å². The number of pyridine rings is 1. The Hall–Kier alpha value is -9.96. The molecule has 0 radical (unpaired) electrons. The number of para-hydroxylation sites is 2. The van der Waals surface area contributed by atoms with Crippen LogP contribution in [0.1, 0.15) is 0 Å². The molecule has 0 bridgehead atoms. The fourth-order valence-electron chi connectivity index (χ4n) is 12.1. The average molecular weight is 952 g/mol. The van der Waals surface area contributed by atoms with E-state index in [9.17, 15) is 0 Å². The number of nitrogens with zero attached hydrogens (tertiary/aromatic N) is 3. The number of hydrogen-bond donors (Lipinski definition) is 0. The van der Waals surface area contributed by atoms with E-state index in [2.05, 4.69) is 277 Å². The van der Waals surface area contributed by atoms with Crippen LogP contribution in [0.4, 0.5) is 0 Å². The van der Waals surface area contributed by atoms with Crippen molar-refractivity contribution < 1.29 is 0 Å². The van der Waals surface area contributed by atoms with E-state index < -0.39 is 0 Å². The van der Waals surface area contributed by atoms with Crippen LogP contribution in [0.2, 0.25) is 0 Å². The summed E-state index contributed by atoms with van der Waals surface area (Å²) in [4.78, 5) is 10.9. The number of hydrogen-bond acceptors (Lipinski definition) is 2. The lowest BCUT2D eigenvalue weighted by Crippen LogP contribution is -1.97. The lowest BCUT2D eigenvalue weighted by atomic mass is 9.85. The van der Waals surface area contributed by atoms with Crippen molar-refractivity contribution in [1.29, 1.82) is 0 Å². The number of benzene rings is 12. The molecule has 0 N–H and O–H groups in total. The zero-order valence-electron chi connectivity index (χ0n) is 40.8. The second-order valence-electron chi connectivity index (χ2n) is 19.5. The molecule has 15 rings (SSSR count). The summed E-state index contributed by atoms with van der Waals surface area (Å²) in [6.07, 6.45) is 0. The van der Waals surface area contributed by atoms with Crippen molar-refractivity contribution in [1.82, 2.24) is 14.4 Å². The first-order valence-electron chi connectivity index (χ1n) is 25.7. The van der Waals surface area contributed by atoms with Crippen LogP contribution in [-0.4, -0.2) is 14.4 Å². The van der Waals surface area contributed by atoms with Gasteiger partial charge in [0.15, 0.2) is 0 Å². The second-order valence-corrected chi connectivity index (χ2v) is 19.5. The van der Waals surface area contributed by atoms with Gasteiger partial charge in [-0.1, -0.05) is 243 Å². The predicted molar refractivity (Wildman–Crippen MR) is 316 cm³/mol. The summed E-state index contributed by atoms with van der Waals surface area (Å²) in [6.45, 7) is 0. The molecule has 0 saturated heterocycles. The first kappa shape index (κ1) is 42.7. The minimum atomic E-state index is 0.931. The van der Waals surface area contributed by atoms with Gasteiger partial charge in [-0.05, 0) is 112 Å². The molecule has 0 saturated carbocycles. The zero-order chi connectivity index (χ0) is 49.4. The second kappa shape index (κ2) is 17.4. The van der Waals surface area contributed by atoms with Gasteiger partial charge in [0.25, 0.3) is 0 Å². The third kappa shape index (κ3) is 6.83. The number of fused-ring (bicyclic) bond motifs is 9. The zero-order valence-corrected chi connectivity index (χ0v) is 40.8. The summed E-state index contributed by atoms with van der Waals surface area (Å²) < 4.78 is 2.37. The molecule has 348 valence electrons. The van der Waals surface area contributed by atoms with Crippen molar-refractivity contribution in [3.8, 4) is 78.4 Å². The highest BCUT2D eigenvalue weighted by Crippen LogP contribution is 2.48. The molecule has 0 atom stereocenters. The average Bonchev–Trinajstić information content (AvgIpc) is 3.87. The van der Waals surface area contributed by atoms with E-state index in [4.69, 9.17) is 9.97 Å². The van der Waals surface area contributed by atoms with Gasteiger partial charge < -0.3 is 0 Å². The Kier molecular flexibility index (Phi) is 9.89. The molecule has 3 heteroatoms. The molecular weight excluding hydrogens is 907 g/mol. The predicted octanol–water partition coefficient (Wildman–Crippen LogP) is 19.3. The normalized spacial score (nSPS) is 11.7. The van der Waals surface area contributed by atoms with Gasteiger partial charge in [-0.3, -0.25) is 4.40 Å². The van der Waals surface area contributed by atoms with Crippen LogP contribution in [0.5, 0.6) is 0 Å². The third-order valence-electron chi connectivity index (χ3n) is 15.3. The van der Waals surface area contributed by atoms with Crippen LogP contribution >= 0.6 is 0 Å².